The van der Waals surface area contributed by atoms with Crippen LogP contribution in [0.3, 0.4) is 0 Å². The summed E-state index contributed by atoms with van der Waals surface area (Å²) in [4.78, 5) is 13.4. The van der Waals surface area contributed by atoms with E-state index in [0.717, 1.165) is 47.7 Å². The number of methoxy groups -OCH3 is 1. The minimum Gasteiger partial charge on any atom is -0.385 e. The fraction of sp³-hybridized carbons (Fsp3) is 0.278. The summed E-state index contributed by atoms with van der Waals surface area (Å²) in [5, 5.41) is 7.65. The largest absolute Gasteiger partial charge is 0.385 e. The summed E-state index contributed by atoms with van der Waals surface area (Å²) in [6, 6.07) is 11.9. The Morgan fingerprint density at radius 1 is 1.12 bits per heavy atom. The standard InChI is InChI=1S/C18H21N5O/c1-13-12-16(19-10-5-11-24-2)23-18(21-13)22-15-8-3-6-14-7-4-9-20-17(14)15/h3-4,6-9,12H,5,10-11H2,1-2H3,(H2,19,21,22,23). The third-order valence-electron chi connectivity index (χ3n) is 3.56. The van der Waals surface area contributed by atoms with Gasteiger partial charge >= 0.3 is 0 Å². The Kier molecular flexibility index (Phi) is 5.18. The number of aryl methyl sites for hydroxylation is 1. The molecule has 0 unspecified atom stereocenters. The third-order valence-corrected chi connectivity index (χ3v) is 3.56. The molecule has 1 aromatic carbocycles. The van der Waals surface area contributed by atoms with Crippen molar-refractivity contribution in [2.75, 3.05) is 30.9 Å². The summed E-state index contributed by atoms with van der Waals surface area (Å²) >= 11 is 0. The van der Waals surface area contributed by atoms with Crippen LogP contribution in [0, 0.1) is 6.92 Å². The van der Waals surface area contributed by atoms with E-state index in [0.29, 0.717) is 5.95 Å². The quantitative estimate of drug-likeness (QED) is 0.648. The first-order valence-electron chi connectivity index (χ1n) is 7.95. The van der Waals surface area contributed by atoms with E-state index < -0.39 is 0 Å². The van der Waals surface area contributed by atoms with Gasteiger partial charge in [-0.25, -0.2) is 4.98 Å². The fourth-order valence-corrected chi connectivity index (χ4v) is 2.47. The van der Waals surface area contributed by atoms with Gasteiger partial charge in [0, 0.05) is 43.6 Å². The predicted octanol–water partition coefficient (Wildman–Crippen LogP) is 3.53. The zero-order valence-corrected chi connectivity index (χ0v) is 13.9. The van der Waals surface area contributed by atoms with Crippen LogP contribution in [0.5, 0.6) is 0 Å². The summed E-state index contributed by atoms with van der Waals surface area (Å²) in [5.74, 6) is 1.36. The van der Waals surface area contributed by atoms with Crippen molar-refractivity contribution >= 4 is 28.4 Å². The molecule has 3 aromatic rings. The van der Waals surface area contributed by atoms with E-state index in [1.807, 2.05) is 43.3 Å². The average Bonchev–Trinajstić information content (AvgIpc) is 2.59. The number of anilines is 3. The molecule has 24 heavy (non-hydrogen) atoms. The molecule has 0 amide bonds. The van der Waals surface area contributed by atoms with Crippen molar-refractivity contribution in [3.63, 3.8) is 0 Å². The number of para-hydroxylation sites is 1. The molecule has 2 N–H and O–H groups in total. The molecule has 0 saturated heterocycles. The van der Waals surface area contributed by atoms with Gasteiger partial charge in [0.1, 0.15) is 5.82 Å². The van der Waals surface area contributed by atoms with Gasteiger partial charge in [-0.2, -0.15) is 4.98 Å². The van der Waals surface area contributed by atoms with Crippen molar-refractivity contribution in [1.82, 2.24) is 15.0 Å². The van der Waals surface area contributed by atoms with Gasteiger partial charge in [-0.05, 0) is 25.5 Å². The van der Waals surface area contributed by atoms with Crippen LogP contribution in [-0.4, -0.2) is 35.2 Å². The highest BCUT2D eigenvalue weighted by Crippen LogP contribution is 2.23. The Labute approximate surface area is 141 Å². The molecule has 0 spiro atoms. The summed E-state index contributed by atoms with van der Waals surface area (Å²) < 4.78 is 5.06. The first kappa shape index (κ1) is 16.1. The molecule has 2 heterocycles. The molecule has 0 aliphatic carbocycles. The van der Waals surface area contributed by atoms with E-state index in [1.165, 1.54) is 0 Å². The maximum absolute atomic E-state index is 5.06. The van der Waals surface area contributed by atoms with Crippen LogP contribution in [0.4, 0.5) is 17.5 Å². The topological polar surface area (TPSA) is 72.0 Å². The van der Waals surface area contributed by atoms with E-state index in [-0.39, 0.29) is 0 Å². The predicted molar refractivity (Wildman–Crippen MR) is 96.8 cm³/mol. The zero-order valence-electron chi connectivity index (χ0n) is 13.9. The number of ether oxygens (including phenoxy) is 1. The summed E-state index contributed by atoms with van der Waals surface area (Å²) in [5.41, 5.74) is 2.69. The number of benzene rings is 1. The van der Waals surface area contributed by atoms with Gasteiger partial charge in [-0.1, -0.05) is 18.2 Å². The first-order chi connectivity index (χ1) is 11.8. The average molecular weight is 323 g/mol. The number of pyridine rings is 1. The van der Waals surface area contributed by atoms with Gasteiger partial charge in [0.15, 0.2) is 0 Å². The van der Waals surface area contributed by atoms with Crippen LogP contribution < -0.4 is 10.6 Å². The van der Waals surface area contributed by atoms with Gasteiger partial charge in [0.25, 0.3) is 0 Å². The van der Waals surface area contributed by atoms with Gasteiger partial charge < -0.3 is 15.4 Å². The second-order valence-electron chi connectivity index (χ2n) is 5.50. The lowest BCUT2D eigenvalue weighted by molar-refractivity contribution is 0.198. The highest BCUT2D eigenvalue weighted by Gasteiger charge is 2.06. The lowest BCUT2D eigenvalue weighted by Crippen LogP contribution is -2.08. The molecular weight excluding hydrogens is 302 g/mol. The minimum atomic E-state index is 0.558. The van der Waals surface area contributed by atoms with Crippen molar-refractivity contribution in [3.05, 3.63) is 48.3 Å². The van der Waals surface area contributed by atoms with Crippen molar-refractivity contribution in [1.29, 1.82) is 0 Å². The molecule has 2 aromatic heterocycles. The molecule has 0 saturated carbocycles. The Balaban J connectivity index is 1.80. The molecule has 6 heteroatoms. The summed E-state index contributed by atoms with van der Waals surface area (Å²) in [6.07, 6.45) is 2.71. The summed E-state index contributed by atoms with van der Waals surface area (Å²) in [7, 11) is 1.70. The molecule has 6 nitrogen and oxygen atoms in total. The number of nitrogens with zero attached hydrogens (tertiary/aromatic N) is 3. The van der Waals surface area contributed by atoms with Crippen LogP contribution in [-0.2, 0) is 4.74 Å². The number of hydrogen-bond donors (Lipinski definition) is 2. The van der Waals surface area contributed by atoms with E-state index in [4.69, 9.17) is 4.74 Å². The van der Waals surface area contributed by atoms with Crippen molar-refractivity contribution in [3.8, 4) is 0 Å². The van der Waals surface area contributed by atoms with E-state index in [1.54, 1.807) is 13.3 Å². The maximum atomic E-state index is 5.06. The number of hydrogen-bond acceptors (Lipinski definition) is 6. The van der Waals surface area contributed by atoms with Crippen LogP contribution >= 0.6 is 0 Å². The number of rotatable bonds is 7. The third kappa shape index (κ3) is 3.97. The molecule has 0 aliphatic heterocycles. The molecule has 0 aliphatic rings. The van der Waals surface area contributed by atoms with Crippen molar-refractivity contribution in [2.24, 2.45) is 0 Å². The first-order valence-corrected chi connectivity index (χ1v) is 7.95. The number of nitrogens with one attached hydrogen (secondary N) is 2. The highest BCUT2D eigenvalue weighted by molar-refractivity contribution is 5.91. The second-order valence-corrected chi connectivity index (χ2v) is 5.50. The Morgan fingerprint density at radius 3 is 2.88 bits per heavy atom. The van der Waals surface area contributed by atoms with E-state index >= 15 is 0 Å². The maximum Gasteiger partial charge on any atom is 0.229 e. The van der Waals surface area contributed by atoms with Crippen molar-refractivity contribution in [2.45, 2.75) is 13.3 Å². The monoisotopic (exact) mass is 323 g/mol. The van der Waals surface area contributed by atoms with Crippen LogP contribution in [0.25, 0.3) is 10.9 Å². The number of fused-ring (bicyclic) bond motifs is 1. The van der Waals surface area contributed by atoms with Gasteiger partial charge in [-0.15, -0.1) is 0 Å². The van der Waals surface area contributed by atoms with E-state index in [9.17, 15) is 0 Å². The van der Waals surface area contributed by atoms with Gasteiger partial charge in [0.05, 0.1) is 11.2 Å². The second kappa shape index (κ2) is 7.70. The SMILES string of the molecule is COCCCNc1cc(C)nc(Nc2cccc3cccnc23)n1. The molecule has 0 radical (unpaired) electrons. The lowest BCUT2D eigenvalue weighted by atomic mass is 10.2. The Morgan fingerprint density at radius 2 is 2.00 bits per heavy atom. The van der Waals surface area contributed by atoms with Crippen LogP contribution in [0.15, 0.2) is 42.6 Å². The van der Waals surface area contributed by atoms with Crippen molar-refractivity contribution < 1.29 is 4.74 Å². The molecule has 0 fully saturated rings. The minimum absolute atomic E-state index is 0.558. The molecule has 0 bridgehead atoms. The lowest BCUT2D eigenvalue weighted by Gasteiger charge is -2.11. The van der Waals surface area contributed by atoms with Gasteiger partial charge in [0.2, 0.25) is 5.95 Å². The number of aromatic nitrogens is 3. The fourth-order valence-electron chi connectivity index (χ4n) is 2.47. The Bertz CT molecular complexity index is 816. The highest BCUT2D eigenvalue weighted by atomic mass is 16.5. The van der Waals surface area contributed by atoms with Crippen LogP contribution in [0.2, 0.25) is 0 Å². The smallest absolute Gasteiger partial charge is 0.229 e. The summed E-state index contributed by atoms with van der Waals surface area (Å²) in [6.45, 7) is 3.48. The molecule has 124 valence electrons. The molecule has 0 atom stereocenters. The van der Waals surface area contributed by atoms with Gasteiger partial charge in [-0.3, -0.25) is 4.98 Å². The molecule has 3 rings (SSSR count). The van der Waals surface area contributed by atoms with Crippen LogP contribution in [0.1, 0.15) is 12.1 Å². The normalized spacial score (nSPS) is 10.8. The molecular formula is C18H21N5O. The zero-order chi connectivity index (χ0) is 16.8. The van der Waals surface area contributed by atoms with E-state index in [2.05, 4.69) is 25.6 Å². The Hall–Kier alpha value is -2.73.